The molecule has 0 bridgehead atoms. The third kappa shape index (κ3) is 3.01. The van der Waals surface area contributed by atoms with Crippen LogP contribution in [0.25, 0.3) is 0 Å². The van der Waals surface area contributed by atoms with Gasteiger partial charge in [-0.2, -0.15) is 0 Å². The van der Waals surface area contributed by atoms with Crippen molar-refractivity contribution in [3.63, 3.8) is 0 Å². The molecule has 2 rings (SSSR count). The van der Waals surface area contributed by atoms with Gasteiger partial charge in [-0.05, 0) is 31.0 Å². The zero-order valence-electron chi connectivity index (χ0n) is 9.63. The average Bonchev–Trinajstić information content (AvgIpc) is 2.82. The molecule has 0 saturated heterocycles. The summed E-state index contributed by atoms with van der Waals surface area (Å²) in [5, 5.41) is 12.5. The summed E-state index contributed by atoms with van der Waals surface area (Å²) in [5.41, 5.74) is 0.208. The predicted octanol–water partition coefficient (Wildman–Crippen LogP) is 2.53. The molecule has 1 fully saturated rings. The van der Waals surface area contributed by atoms with E-state index in [0.717, 1.165) is 43.9 Å². The molecule has 0 aliphatic heterocycles. The zero-order chi connectivity index (χ0) is 12.3. The van der Waals surface area contributed by atoms with Crippen LogP contribution in [-0.2, 0) is 0 Å². The van der Waals surface area contributed by atoms with Crippen molar-refractivity contribution < 1.29 is 13.9 Å². The van der Waals surface area contributed by atoms with Gasteiger partial charge in [-0.3, -0.25) is 0 Å². The Kier molecular flexibility index (Phi) is 4.07. The fourth-order valence-electron chi connectivity index (χ4n) is 2.40. The van der Waals surface area contributed by atoms with Gasteiger partial charge in [0.2, 0.25) is 0 Å². The van der Waals surface area contributed by atoms with E-state index < -0.39 is 17.7 Å². The normalized spacial score (nSPS) is 18.5. The molecule has 94 valence electrons. The third-order valence-electron chi connectivity index (χ3n) is 3.31. The molecule has 1 aromatic carbocycles. The van der Waals surface area contributed by atoms with E-state index in [1.807, 2.05) is 0 Å². The second kappa shape index (κ2) is 5.56. The van der Waals surface area contributed by atoms with Crippen LogP contribution in [0.4, 0.5) is 8.78 Å². The molecule has 0 radical (unpaired) electrons. The maximum Gasteiger partial charge on any atom is 0.128 e. The second-order valence-electron chi connectivity index (χ2n) is 4.55. The number of hydrogen-bond donors (Lipinski definition) is 2. The standard InChI is InChI=1S/C13H17F2NO/c14-9-5-6-12(15)11(7-9)13(8-17)16-10-3-1-2-4-10/h5-7,10,13,16-17H,1-4,8H2. The number of rotatable bonds is 4. The number of halogens is 2. The van der Waals surface area contributed by atoms with E-state index in [4.69, 9.17) is 0 Å². The van der Waals surface area contributed by atoms with Crippen LogP contribution in [-0.4, -0.2) is 17.8 Å². The first-order valence-corrected chi connectivity index (χ1v) is 6.02. The first-order chi connectivity index (χ1) is 8.20. The second-order valence-corrected chi connectivity index (χ2v) is 4.55. The molecule has 0 spiro atoms. The number of benzene rings is 1. The molecule has 0 amide bonds. The van der Waals surface area contributed by atoms with E-state index in [9.17, 15) is 13.9 Å². The van der Waals surface area contributed by atoms with Gasteiger partial charge in [0.25, 0.3) is 0 Å². The van der Waals surface area contributed by atoms with Gasteiger partial charge in [0.1, 0.15) is 11.6 Å². The predicted molar refractivity (Wildman–Crippen MR) is 61.6 cm³/mol. The van der Waals surface area contributed by atoms with Gasteiger partial charge in [-0.15, -0.1) is 0 Å². The summed E-state index contributed by atoms with van der Waals surface area (Å²) in [7, 11) is 0. The smallest absolute Gasteiger partial charge is 0.128 e. The van der Waals surface area contributed by atoms with E-state index >= 15 is 0 Å². The molecule has 1 aliphatic rings. The molecule has 1 atom stereocenters. The van der Waals surface area contributed by atoms with Gasteiger partial charge >= 0.3 is 0 Å². The summed E-state index contributed by atoms with van der Waals surface area (Å²) < 4.78 is 26.6. The number of aliphatic hydroxyl groups excluding tert-OH is 1. The van der Waals surface area contributed by atoms with Crippen LogP contribution in [0.2, 0.25) is 0 Å². The van der Waals surface area contributed by atoms with Crippen LogP contribution < -0.4 is 5.32 Å². The molecule has 4 heteroatoms. The lowest BCUT2D eigenvalue weighted by Gasteiger charge is -2.22. The molecule has 2 N–H and O–H groups in total. The van der Waals surface area contributed by atoms with Crippen LogP contribution in [0.3, 0.4) is 0 Å². The first-order valence-electron chi connectivity index (χ1n) is 6.02. The lowest BCUT2D eigenvalue weighted by Crippen LogP contribution is -2.33. The Morgan fingerprint density at radius 3 is 2.65 bits per heavy atom. The monoisotopic (exact) mass is 241 g/mol. The summed E-state index contributed by atoms with van der Waals surface area (Å²) in [6, 6.07) is 3.12. The number of hydrogen-bond acceptors (Lipinski definition) is 2. The van der Waals surface area contributed by atoms with Gasteiger partial charge in [0.05, 0.1) is 12.6 Å². The van der Waals surface area contributed by atoms with Crippen molar-refractivity contribution in [1.29, 1.82) is 0 Å². The zero-order valence-corrected chi connectivity index (χ0v) is 9.63. The quantitative estimate of drug-likeness (QED) is 0.849. The Morgan fingerprint density at radius 1 is 1.29 bits per heavy atom. The Bertz CT molecular complexity index is 378. The minimum Gasteiger partial charge on any atom is -0.394 e. The first kappa shape index (κ1) is 12.5. The van der Waals surface area contributed by atoms with Crippen molar-refractivity contribution in [2.75, 3.05) is 6.61 Å². The highest BCUT2D eigenvalue weighted by atomic mass is 19.1. The van der Waals surface area contributed by atoms with Crippen molar-refractivity contribution in [3.8, 4) is 0 Å². The third-order valence-corrected chi connectivity index (χ3v) is 3.31. The summed E-state index contributed by atoms with van der Waals surface area (Å²) >= 11 is 0. The summed E-state index contributed by atoms with van der Waals surface area (Å²) in [6.07, 6.45) is 4.38. The highest BCUT2D eigenvalue weighted by molar-refractivity contribution is 5.22. The van der Waals surface area contributed by atoms with Gasteiger partial charge < -0.3 is 10.4 Å². The van der Waals surface area contributed by atoms with Crippen LogP contribution >= 0.6 is 0 Å². The molecular weight excluding hydrogens is 224 g/mol. The van der Waals surface area contributed by atoms with Crippen molar-refractivity contribution in [2.24, 2.45) is 0 Å². The lowest BCUT2D eigenvalue weighted by molar-refractivity contribution is 0.229. The van der Waals surface area contributed by atoms with Crippen molar-refractivity contribution >= 4 is 0 Å². The maximum atomic E-state index is 13.6. The molecule has 1 unspecified atom stereocenters. The fraction of sp³-hybridized carbons (Fsp3) is 0.538. The number of aliphatic hydroxyl groups is 1. The Labute approximate surface area is 99.7 Å². The number of nitrogens with one attached hydrogen (secondary N) is 1. The summed E-state index contributed by atoms with van der Waals surface area (Å²) in [6.45, 7) is -0.225. The average molecular weight is 241 g/mol. The minimum absolute atomic E-state index is 0.208. The molecule has 0 aromatic heterocycles. The molecule has 1 aromatic rings. The SMILES string of the molecule is OCC(NC1CCCC1)c1cc(F)ccc1F. The van der Waals surface area contributed by atoms with Crippen molar-refractivity contribution in [1.82, 2.24) is 5.32 Å². The Morgan fingerprint density at radius 2 is 2.00 bits per heavy atom. The summed E-state index contributed by atoms with van der Waals surface area (Å²) in [5.74, 6) is -0.955. The van der Waals surface area contributed by atoms with E-state index in [1.54, 1.807) is 0 Å². The topological polar surface area (TPSA) is 32.3 Å². The molecule has 1 saturated carbocycles. The van der Waals surface area contributed by atoms with Gasteiger partial charge in [-0.1, -0.05) is 12.8 Å². The van der Waals surface area contributed by atoms with Gasteiger partial charge in [0.15, 0.2) is 0 Å². The molecule has 0 heterocycles. The molecule has 1 aliphatic carbocycles. The van der Waals surface area contributed by atoms with E-state index in [1.165, 1.54) is 0 Å². The fourth-order valence-corrected chi connectivity index (χ4v) is 2.40. The van der Waals surface area contributed by atoms with Gasteiger partial charge in [0, 0.05) is 11.6 Å². The van der Waals surface area contributed by atoms with Crippen LogP contribution in [0.5, 0.6) is 0 Å². The lowest BCUT2D eigenvalue weighted by atomic mass is 10.1. The van der Waals surface area contributed by atoms with Crippen molar-refractivity contribution in [2.45, 2.75) is 37.8 Å². The maximum absolute atomic E-state index is 13.6. The van der Waals surface area contributed by atoms with Crippen LogP contribution in [0.1, 0.15) is 37.3 Å². The Hall–Kier alpha value is -1.00. The summed E-state index contributed by atoms with van der Waals surface area (Å²) in [4.78, 5) is 0. The Balaban J connectivity index is 2.13. The largest absolute Gasteiger partial charge is 0.394 e. The van der Waals surface area contributed by atoms with Gasteiger partial charge in [-0.25, -0.2) is 8.78 Å². The highest BCUT2D eigenvalue weighted by Crippen LogP contribution is 2.23. The van der Waals surface area contributed by atoms with Crippen molar-refractivity contribution in [3.05, 3.63) is 35.4 Å². The molecule has 17 heavy (non-hydrogen) atoms. The van der Waals surface area contributed by atoms with E-state index in [0.29, 0.717) is 6.04 Å². The van der Waals surface area contributed by atoms with Crippen LogP contribution in [0.15, 0.2) is 18.2 Å². The van der Waals surface area contributed by atoms with E-state index in [-0.39, 0.29) is 12.2 Å². The molecular formula is C13H17F2NO. The minimum atomic E-state index is -0.520. The van der Waals surface area contributed by atoms with Crippen LogP contribution in [0, 0.1) is 11.6 Å². The molecule has 2 nitrogen and oxygen atoms in total. The highest BCUT2D eigenvalue weighted by Gasteiger charge is 2.22. The van der Waals surface area contributed by atoms with E-state index in [2.05, 4.69) is 5.32 Å².